The Labute approximate surface area is 108 Å². The molecule has 1 aromatic carbocycles. The quantitative estimate of drug-likeness (QED) is 0.876. The molecule has 1 aliphatic rings. The van der Waals surface area contributed by atoms with Crippen LogP contribution in [0.3, 0.4) is 0 Å². The zero-order valence-corrected chi connectivity index (χ0v) is 10.9. The standard InChI is InChI=1S/C13H18N2O.ClH/c1-2-10-3-5-11(6-4-10)13(16)15-8-7-12(14)9-15;/h3-6,12H,2,7-9,14H2,1H3;1H/t12-;/m1./s1. The molecule has 4 heteroatoms. The van der Waals surface area contributed by atoms with E-state index in [2.05, 4.69) is 6.92 Å². The average molecular weight is 255 g/mol. The maximum Gasteiger partial charge on any atom is 0.253 e. The highest BCUT2D eigenvalue weighted by molar-refractivity contribution is 5.94. The molecule has 0 radical (unpaired) electrons. The lowest BCUT2D eigenvalue weighted by Gasteiger charge is -2.15. The Morgan fingerprint density at radius 1 is 1.41 bits per heavy atom. The topological polar surface area (TPSA) is 46.3 Å². The van der Waals surface area contributed by atoms with Crippen LogP contribution >= 0.6 is 12.4 Å². The molecule has 1 atom stereocenters. The number of likely N-dealkylation sites (tertiary alicyclic amines) is 1. The molecular weight excluding hydrogens is 236 g/mol. The van der Waals surface area contributed by atoms with Crippen LogP contribution in [0.15, 0.2) is 24.3 Å². The van der Waals surface area contributed by atoms with E-state index in [1.54, 1.807) is 0 Å². The summed E-state index contributed by atoms with van der Waals surface area (Å²) < 4.78 is 0. The molecule has 1 saturated heterocycles. The molecule has 0 aliphatic carbocycles. The van der Waals surface area contributed by atoms with Gasteiger partial charge in [0.2, 0.25) is 0 Å². The van der Waals surface area contributed by atoms with Crippen molar-refractivity contribution in [2.75, 3.05) is 13.1 Å². The summed E-state index contributed by atoms with van der Waals surface area (Å²) in [5, 5.41) is 0. The molecule has 1 aromatic rings. The smallest absolute Gasteiger partial charge is 0.253 e. The SMILES string of the molecule is CCc1ccc(C(=O)N2CC[C@@H](N)C2)cc1.Cl. The lowest BCUT2D eigenvalue weighted by atomic mass is 10.1. The zero-order chi connectivity index (χ0) is 11.5. The van der Waals surface area contributed by atoms with Crippen LogP contribution in [0.1, 0.15) is 29.3 Å². The van der Waals surface area contributed by atoms with Crippen molar-refractivity contribution < 1.29 is 4.79 Å². The molecule has 1 amide bonds. The molecule has 1 aliphatic heterocycles. The summed E-state index contributed by atoms with van der Waals surface area (Å²) in [6, 6.07) is 8.00. The minimum atomic E-state index is 0. The highest BCUT2D eigenvalue weighted by Crippen LogP contribution is 2.13. The van der Waals surface area contributed by atoms with E-state index >= 15 is 0 Å². The van der Waals surface area contributed by atoms with Gasteiger partial charge in [-0.1, -0.05) is 19.1 Å². The van der Waals surface area contributed by atoms with Gasteiger partial charge in [0.05, 0.1) is 0 Å². The number of hydrogen-bond acceptors (Lipinski definition) is 2. The largest absolute Gasteiger partial charge is 0.337 e. The first kappa shape index (κ1) is 14.0. The number of nitrogens with zero attached hydrogens (tertiary/aromatic N) is 1. The molecule has 0 spiro atoms. The number of amides is 1. The van der Waals surface area contributed by atoms with E-state index < -0.39 is 0 Å². The molecule has 0 bridgehead atoms. The lowest BCUT2D eigenvalue weighted by Crippen LogP contribution is -2.31. The van der Waals surface area contributed by atoms with Crippen LogP contribution < -0.4 is 5.73 Å². The predicted octanol–water partition coefficient (Wildman–Crippen LogP) is 1.84. The zero-order valence-electron chi connectivity index (χ0n) is 10.1. The summed E-state index contributed by atoms with van der Waals surface area (Å²) in [5.74, 6) is 0.107. The van der Waals surface area contributed by atoms with E-state index in [0.717, 1.165) is 24.9 Å². The number of carbonyl (C=O) groups excluding carboxylic acids is 1. The van der Waals surface area contributed by atoms with Crippen molar-refractivity contribution in [3.05, 3.63) is 35.4 Å². The second-order valence-corrected chi connectivity index (χ2v) is 4.35. The minimum Gasteiger partial charge on any atom is -0.337 e. The summed E-state index contributed by atoms with van der Waals surface area (Å²) in [4.78, 5) is 13.9. The summed E-state index contributed by atoms with van der Waals surface area (Å²) >= 11 is 0. The molecular formula is C13H19ClN2O. The van der Waals surface area contributed by atoms with E-state index in [1.165, 1.54) is 5.56 Å². The lowest BCUT2D eigenvalue weighted by molar-refractivity contribution is 0.0791. The molecule has 0 saturated carbocycles. The summed E-state index contributed by atoms with van der Waals surface area (Å²) in [6.45, 7) is 3.58. The van der Waals surface area contributed by atoms with Crippen LogP contribution in [0.5, 0.6) is 0 Å². The fourth-order valence-electron chi connectivity index (χ4n) is 2.04. The van der Waals surface area contributed by atoms with Crippen molar-refractivity contribution in [3.63, 3.8) is 0 Å². The second kappa shape index (κ2) is 6.03. The van der Waals surface area contributed by atoms with Gasteiger partial charge >= 0.3 is 0 Å². The Morgan fingerprint density at radius 2 is 2.06 bits per heavy atom. The normalized spacial score (nSPS) is 18.9. The van der Waals surface area contributed by atoms with Crippen molar-refractivity contribution in [2.24, 2.45) is 5.73 Å². The average Bonchev–Trinajstić information content (AvgIpc) is 2.75. The molecule has 1 fully saturated rings. The monoisotopic (exact) mass is 254 g/mol. The number of aryl methyl sites for hydroxylation is 1. The first-order valence-electron chi connectivity index (χ1n) is 5.84. The van der Waals surface area contributed by atoms with Crippen LogP contribution in [0.4, 0.5) is 0 Å². The van der Waals surface area contributed by atoms with Crippen molar-refractivity contribution in [2.45, 2.75) is 25.8 Å². The molecule has 17 heavy (non-hydrogen) atoms. The number of rotatable bonds is 2. The summed E-state index contributed by atoms with van der Waals surface area (Å²) in [7, 11) is 0. The number of benzene rings is 1. The van der Waals surface area contributed by atoms with Crippen molar-refractivity contribution in [3.8, 4) is 0 Å². The Hall–Kier alpha value is -1.06. The van der Waals surface area contributed by atoms with Gasteiger partial charge in [-0.15, -0.1) is 12.4 Å². The number of halogens is 1. The third kappa shape index (κ3) is 3.20. The van der Waals surface area contributed by atoms with Crippen molar-refractivity contribution in [1.29, 1.82) is 0 Å². The van der Waals surface area contributed by atoms with Crippen LogP contribution in [-0.4, -0.2) is 29.9 Å². The maximum atomic E-state index is 12.1. The first-order chi connectivity index (χ1) is 7.70. The van der Waals surface area contributed by atoms with Crippen LogP contribution in [0.25, 0.3) is 0 Å². The number of carbonyl (C=O) groups is 1. The van der Waals surface area contributed by atoms with Crippen LogP contribution in [-0.2, 0) is 6.42 Å². The van der Waals surface area contributed by atoms with Gasteiger partial charge in [-0.2, -0.15) is 0 Å². The Bertz CT molecular complexity index is 378. The van der Waals surface area contributed by atoms with E-state index in [-0.39, 0.29) is 24.4 Å². The molecule has 3 nitrogen and oxygen atoms in total. The van der Waals surface area contributed by atoms with E-state index in [4.69, 9.17) is 5.73 Å². The van der Waals surface area contributed by atoms with Crippen LogP contribution in [0, 0.1) is 0 Å². The van der Waals surface area contributed by atoms with Gasteiger partial charge in [0.15, 0.2) is 0 Å². The van der Waals surface area contributed by atoms with Gasteiger partial charge < -0.3 is 10.6 Å². The first-order valence-corrected chi connectivity index (χ1v) is 5.84. The third-order valence-corrected chi connectivity index (χ3v) is 3.12. The molecule has 0 unspecified atom stereocenters. The van der Waals surface area contributed by atoms with Gasteiger partial charge in [0.1, 0.15) is 0 Å². The Balaban J connectivity index is 0.00000144. The molecule has 1 heterocycles. The Morgan fingerprint density at radius 3 is 2.53 bits per heavy atom. The van der Waals surface area contributed by atoms with Gasteiger partial charge in [-0.3, -0.25) is 4.79 Å². The summed E-state index contributed by atoms with van der Waals surface area (Å²) in [6.07, 6.45) is 1.92. The minimum absolute atomic E-state index is 0. The molecule has 2 N–H and O–H groups in total. The van der Waals surface area contributed by atoms with Gasteiger partial charge in [0.25, 0.3) is 5.91 Å². The second-order valence-electron chi connectivity index (χ2n) is 4.35. The van der Waals surface area contributed by atoms with Crippen LogP contribution in [0.2, 0.25) is 0 Å². The van der Waals surface area contributed by atoms with Crippen molar-refractivity contribution >= 4 is 18.3 Å². The third-order valence-electron chi connectivity index (χ3n) is 3.12. The summed E-state index contributed by atoms with van der Waals surface area (Å²) in [5.41, 5.74) is 7.82. The predicted molar refractivity (Wildman–Crippen MR) is 71.6 cm³/mol. The molecule has 94 valence electrons. The van der Waals surface area contributed by atoms with E-state index in [1.807, 2.05) is 29.2 Å². The number of nitrogens with two attached hydrogens (primary N) is 1. The highest BCUT2D eigenvalue weighted by atomic mass is 35.5. The van der Waals surface area contributed by atoms with Gasteiger partial charge in [-0.25, -0.2) is 0 Å². The highest BCUT2D eigenvalue weighted by Gasteiger charge is 2.24. The Kier molecular flexibility index (Phi) is 4.97. The van der Waals surface area contributed by atoms with Gasteiger partial charge in [0, 0.05) is 24.7 Å². The van der Waals surface area contributed by atoms with E-state index in [9.17, 15) is 4.79 Å². The van der Waals surface area contributed by atoms with Crippen molar-refractivity contribution in [1.82, 2.24) is 4.90 Å². The molecule has 2 rings (SSSR count). The fraction of sp³-hybridized carbons (Fsp3) is 0.462. The van der Waals surface area contributed by atoms with E-state index in [0.29, 0.717) is 6.54 Å². The molecule has 0 aromatic heterocycles. The number of hydrogen-bond donors (Lipinski definition) is 1. The van der Waals surface area contributed by atoms with Gasteiger partial charge in [-0.05, 0) is 30.5 Å². The maximum absolute atomic E-state index is 12.1. The fourth-order valence-corrected chi connectivity index (χ4v) is 2.04.